The summed E-state index contributed by atoms with van der Waals surface area (Å²) in [6, 6.07) is 17.7. The van der Waals surface area contributed by atoms with Crippen molar-refractivity contribution in [1.29, 1.82) is 0 Å². The van der Waals surface area contributed by atoms with Gasteiger partial charge in [-0.05, 0) is 66.3 Å². The number of cyclic esters (lactones) is 1. The first-order valence-corrected chi connectivity index (χ1v) is 25.3. The second-order valence-electron chi connectivity index (χ2n) is 17.8. The van der Waals surface area contributed by atoms with Gasteiger partial charge in [0.25, 0.3) is 5.56 Å². The molecule has 1 aliphatic carbocycles. The van der Waals surface area contributed by atoms with Gasteiger partial charge in [0.05, 0.1) is 82.8 Å². The van der Waals surface area contributed by atoms with Gasteiger partial charge in [0.2, 0.25) is 43.7 Å². The van der Waals surface area contributed by atoms with Crippen molar-refractivity contribution < 1.29 is 51.8 Å². The first-order chi connectivity index (χ1) is 34.1. The topological polar surface area (TPSA) is 283 Å². The van der Waals surface area contributed by atoms with E-state index in [1.807, 2.05) is 0 Å². The van der Waals surface area contributed by atoms with Crippen molar-refractivity contribution in [1.82, 2.24) is 35.8 Å². The third-order valence-corrected chi connectivity index (χ3v) is 16.7. The van der Waals surface area contributed by atoms with Crippen molar-refractivity contribution in [3.05, 3.63) is 110 Å². The third kappa shape index (κ3) is 9.09. The lowest BCUT2D eigenvalue weighted by atomic mass is 9.86. The molecule has 5 amide bonds. The second kappa shape index (κ2) is 18.6. The van der Waals surface area contributed by atoms with E-state index in [4.69, 9.17) is 14.5 Å². The molecule has 3 aliphatic heterocycles. The highest BCUT2D eigenvalue weighted by Crippen LogP contribution is 2.45. The van der Waals surface area contributed by atoms with Crippen LogP contribution in [0.3, 0.4) is 0 Å². The van der Waals surface area contributed by atoms with Crippen LogP contribution >= 0.6 is 11.3 Å². The summed E-state index contributed by atoms with van der Waals surface area (Å²) in [5.41, 5.74) is 3.42. The normalized spacial score (nSPS) is 17.0. The number of nitrogens with zero attached hydrogens (tertiary/aromatic N) is 3. The molecule has 0 radical (unpaired) electrons. The number of nitrogens with one attached hydrogen (secondary N) is 5. The summed E-state index contributed by atoms with van der Waals surface area (Å²) in [7, 11) is -3.46. The molecule has 1 saturated carbocycles. The van der Waals surface area contributed by atoms with E-state index < -0.39 is 76.6 Å². The Bertz CT molecular complexity index is 3430. The Hall–Kier alpha value is -7.56. The van der Waals surface area contributed by atoms with E-state index in [1.165, 1.54) is 0 Å². The molecule has 366 valence electrons. The fraction of sp³-hybridized carbons (Fsp3) is 0.327. The number of carbonyl (C=O) groups is 6. The maximum absolute atomic E-state index is 13.8. The predicted octanol–water partition coefficient (Wildman–Crippen LogP) is 1.82. The first kappa shape index (κ1) is 47.1. The molecule has 6 aromatic rings. The van der Waals surface area contributed by atoms with Gasteiger partial charge in [0.1, 0.15) is 12.6 Å². The van der Waals surface area contributed by atoms with Gasteiger partial charge in [-0.15, -0.1) is 11.3 Å². The van der Waals surface area contributed by atoms with E-state index in [-0.39, 0.29) is 65.3 Å². The third-order valence-electron chi connectivity index (χ3n) is 13.0. The van der Waals surface area contributed by atoms with Crippen LogP contribution in [-0.2, 0) is 81.4 Å². The Morgan fingerprint density at radius 2 is 1.59 bits per heavy atom. The Labute approximate surface area is 408 Å². The van der Waals surface area contributed by atoms with Crippen LogP contribution in [0.15, 0.2) is 75.9 Å². The molecule has 22 heteroatoms. The van der Waals surface area contributed by atoms with Gasteiger partial charge < -0.3 is 45.7 Å². The number of rotatable bonds is 16. The summed E-state index contributed by atoms with van der Waals surface area (Å²) >= 11 is 1.06. The number of benzene rings is 3. The summed E-state index contributed by atoms with van der Waals surface area (Å²) < 4.78 is 38.8. The number of esters is 1. The minimum atomic E-state index is -3.46. The number of carbonyl (C=O) groups excluding carboxylic acids is 6. The van der Waals surface area contributed by atoms with E-state index in [0.29, 0.717) is 74.3 Å². The fourth-order valence-corrected chi connectivity index (χ4v) is 12.3. The Morgan fingerprint density at radius 1 is 0.845 bits per heavy atom. The van der Waals surface area contributed by atoms with E-state index >= 15 is 0 Å². The van der Waals surface area contributed by atoms with Crippen LogP contribution in [0.25, 0.3) is 32.5 Å². The van der Waals surface area contributed by atoms with Gasteiger partial charge in [-0.25, -0.2) is 23.2 Å². The Morgan fingerprint density at radius 3 is 2.37 bits per heavy atom. The fourth-order valence-electron chi connectivity index (χ4n) is 9.17. The predicted molar refractivity (Wildman–Crippen MR) is 257 cm³/mol. The zero-order valence-corrected chi connectivity index (χ0v) is 39.7. The average molecular weight is 1000 g/mol. The van der Waals surface area contributed by atoms with Crippen molar-refractivity contribution in [3.8, 4) is 17.1 Å². The lowest BCUT2D eigenvalue weighted by Gasteiger charge is -2.31. The molecule has 0 unspecified atom stereocenters. The van der Waals surface area contributed by atoms with Crippen LogP contribution in [0.5, 0.6) is 5.75 Å². The molecule has 3 aromatic carbocycles. The number of amides is 5. The van der Waals surface area contributed by atoms with Crippen molar-refractivity contribution >= 4 is 83.5 Å². The van der Waals surface area contributed by atoms with Crippen molar-refractivity contribution in [2.45, 2.75) is 79.8 Å². The standard InChI is InChI=1S/C49H46N8O12S2/c1-2-49(65)31-19-36-43-29(23-57(36)46(63)30(31)24-69-47(49)64)28-14-15-68-44-34(13-12-33(55-43)42(28)44)53-41(61)22-52-45(62)35(16-25-6-4-3-5-7-25)54-40(60)21-51-39(59)20-50-38(58)18-26-8-11-32-37(17-26)70-48(56-32)71(66,67)27-9-10-27/h3-8,11-13,17,19,27,35,65H,2,9-10,14-16,18,20-24H2,1H3,(H,50,58)(H,51,59)(H,52,62)(H,53,61)(H,54,60)/t35-,49-/m0/s1. The molecule has 6 heterocycles. The monoisotopic (exact) mass is 1000 g/mol. The van der Waals surface area contributed by atoms with Crippen LogP contribution in [0, 0.1) is 0 Å². The van der Waals surface area contributed by atoms with Crippen LogP contribution in [0.1, 0.15) is 59.6 Å². The number of aliphatic hydroxyl groups is 1. The number of aromatic nitrogens is 3. The molecule has 10 rings (SSSR count). The highest BCUT2D eigenvalue weighted by molar-refractivity contribution is 7.94. The highest BCUT2D eigenvalue weighted by atomic mass is 32.2. The number of pyridine rings is 2. The number of fused-ring (bicyclic) bond motifs is 6. The van der Waals surface area contributed by atoms with Crippen LogP contribution in [-0.4, -0.2) is 101 Å². The van der Waals surface area contributed by atoms with Gasteiger partial charge in [0.15, 0.2) is 11.4 Å². The van der Waals surface area contributed by atoms with Gasteiger partial charge >= 0.3 is 5.97 Å². The zero-order valence-electron chi connectivity index (χ0n) is 38.1. The van der Waals surface area contributed by atoms with Crippen LogP contribution in [0.4, 0.5) is 5.69 Å². The van der Waals surface area contributed by atoms with Crippen LogP contribution < -0.4 is 36.9 Å². The molecule has 71 heavy (non-hydrogen) atoms. The molecule has 3 aromatic heterocycles. The van der Waals surface area contributed by atoms with E-state index in [9.17, 15) is 47.1 Å². The van der Waals surface area contributed by atoms with Gasteiger partial charge in [-0.2, -0.15) is 0 Å². The molecule has 0 bridgehead atoms. The quantitative estimate of drug-likeness (QED) is 0.0754. The highest BCUT2D eigenvalue weighted by Gasteiger charge is 2.46. The molecular formula is C49H46N8O12S2. The molecule has 6 N–H and O–H groups in total. The average Bonchev–Trinajstić information content (AvgIpc) is 4.05. The Kier molecular flexibility index (Phi) is 12.4. The summed E-state index contributed by atoms with van der Waals surface area (Å²) in [5.74, 6) is -3.55. The minimum absolute atomic E-state index is 0.0132. The molecule has 0 saturated heterocycles. The molecule has 4 aliphatic rings. The number of anilines is 1. The summed E-state index contributed by atoms with van der Waals surface area (Å²) in [6.45, 7) is 0.394. The van der Waals surface area contributed by atoms with Crippen molar-refractivity contribution in [2.75, 3.05) is 31.6 Å². The van der Waals surface area contributed by atoms with E-state index in [1.54, 1.807) is 78.2 Å². The van der Waals surface area contributed by atoms with Gasteiger partial charge in [-0.3, -0.25) is 28.8 Å². The maximum atomic E-state index is 13.8. The maximum Gasteiger partial charge on any atom is 0.343 e. The largest absolute Gasteiger partial charge is 0.490 e. The van der Waals surface area contributed by atoms with Crippen molar-refractivity contribution in [2.24, 2.45) is 0 Å². The van der Waals surface area contributed by atoms with E-state index in [2.05, 4.69) is 31.6 Å². The molecule has 20 nitrogen and oxygen atoms in total. The number of ether oxygens (including phenoxy) is 2. The smallest absolute Gasteiger partial charge is 0.343 e. The number of thiazole rings is 1. The lowest BCUT2D eigenvalue weighted by Crippen LogP contribution is -2.52. The van der Waals surface area contributed by atoms with Gasteiger partial charge in [0, 0.05) is 29.4 Å². The lowest BCUT2D eigenvalue weighted by molar-refractivity contribution is -0.172. The summed E-state index contributed by atoms with van der Waals surface area (Å²) in [4.78, 5) is 101. The summed E-state index contributed by atoms with van der Waals surface area (Å²) in [6.07, 6.45) is 1.71. The molecule has 1 fully saturated rings. The minimum Gasteiger partial charge on any atom is -0.490 e. The Balaban J connectivity index is 0.752. The van der Waals surface area contributed by atoms with Crippen LogP contribution in [0.2, 0.25) is 0 Å². The SMILES string of the molecule is CC[C@@]1(O)C(=O)OCc2c1cc1n(c2=O)Cc2c-1nc1ccc(NC(=O)CNC(=O)[C@H](Cc3ccccc3)NC(=O)CNC(=O)CNC(=O)Cc3ccc4nc(S(=O)(=O)C5CC5)sc4c3)c3c1c2CCO3. The first-order valence-electron chi connectivity index (χ1n) is 23.0. The molecule has 0 spiro atoms. The van der Waals surface area contributed by atoms with E-state index in [0.717, 1.165) is 22.5 Å². The van der Waals surface area contributed by atoms with Crippen molar-refractivity contribution in [3.63, 3.8) is 0 Å². The number of hydrogen-bond donors (Lipinski definition) is 6. The molecular weight excluding hydrogens is 957 g/mol. The van der Waals surface area contributed by atoms with Gasteiger partial charge in [-0.1, -0.05) is 43.3 Å². The molecule has 2 atom stereocenters. The second-order valence-corrected chi connectivity index (χ2v) is 21.2. The number of sulfone groups is 1. The zero-order chi connectivity index (χ0) is 49.8. The number of hydrogen-bond acceptors (Lipinski definition) is 15. The summed E-state index contributed by atoms with van der Waals surface area (Å²) in [5, 5.41) is 24.5.